The second-order valence-electron chi connectivity index (χ2n) is 12.3. The lowest BCUT2D eigenvalue weighted by Gasteiger charge is -2.19. The van der Waals surface area contributed by atoms with Gasteiger partial charge in [-0.15, -0.1) is 0 Å². The van der Waals surface area contributed by atoms with Crippen molar-refractivity contribution in [3.05, 3.63) is 174 Å². The molecule has 230 valence electrons. The third-order valence-electron chi connectivity index (χ3n) is 9.59. The van der Waals surface area contributed by atoms with Crippen LogP contribution in [0.2, 0.25) is 0 Å². The fraction of sp³-hybridized carbons (Fsp3) is 0. The van der Waals surface area contributed by atoms with Crippen LogP contribution in [0, 0.1) is 29.2 Å². The standard InChI is InChI=1S/C45H25N5/c1-48-40-17-9-16-37(45(40)50-42-19-7-5-15-36(42)39-25-30(28-47)21-23-44(39)50)34-13-3-2-12-33(34)31-10-8-11-32(26-31)49-41-18-6-4-14-35(41)38-24-29(27-46)20-22-43(38)49/h2-26H. The molecule has 0 fully saturated rings. The van der Waals surface area contributed by atoms with Crippen molar-refractivity contribution in [2.45, 2.75) is 0 Å². The number of hydrogen-bond donors (Lipinski definition) is 0. The molecule has 50 heavy (non-hydrogen) atoms. The summed E-state index contributed by atoms with van der Waals surface area (Å²) in [5.41, 5.74) is 11.6. The molecule has 9 rings (SSSR count). The minimum atomic E-state index is 0.542. The smallest absolute Gasteiger partial charge is 0.211 e. The number of fused-ring (bicyclic) bond motifs is 6. The molecular formula is C45H25N5. The lowest BCUT2D eigenvalue weighted by atomic mass is 9.92. The highest BCUT2D eigenvalue weighted by Gasteiger charge is 2.21. The molecule has 7 aromatic carbocycles. The van der Waals surface area contributed by atoms with Gasteiger partial charge in [0.05, 0.1) is 57.6 Å². The van der Waals surface area contributed by atoms with Gasteiger partial charge in [0.2, 0.25) is 5.69 Å². The van der Waals surface area contributed by atoms with Crippen LogP contribution in [-0.4, -0.2) is 9.13 Å². The van der Waals surface area contributed by atoms with Gasteiger partial charge in [-0.25, -0.2) is 4.85 Å². The Balaban J connectivity index is 1.29. The normalized spacial score (nSPS) is 11.1. The van der Waals surface area contributed by atoms with Crippen LogP contribution in [0.1, 0.15) is 11.1 Å². The van der Waals surface area contributed by atoms with Crippen molar-refractivity contribution < 1.29 is 0 Å². The number of para-hydroxylation sites is 3. The fourth-order valence-corrected chi connectivity index (χ4v) is 7.46. The predicted octanol–water partition coefficient (Wildman–Crippen LogP) is 11.5. The average Bonchev–Trinajstić information content (AvgIpc) is 3.69. The summed E-state index contributed by atoms with van der Waals surface area (Å²) in [5, 5.41) is 23.5. The van der Waals surface area contributed by atoms with Crippen LogP contribution in [0.5, 0.6) is 0 Å². The molecule has 0 atom stereocenters. The van der Waals surface area contributed by atoms with E-state index in [0.717, 1.165) is 77.2 Å². The van der Waals surface area contributed by atoms with E-state index in [1.165, 1.54) is 0 Å². The summed E-state index contributed by atoms with van der Waals surface area (Å²) in [6.45, 7) is 8.26. The van der Waals surface area contributed by atoms with Crippen LogP contribution in [0.3, 0.4) is 0 Å². The van der Waals surface area contributed by atoms with Gasteiger partial charge in [0.15, 0.2) is 0 Å². The highest BCUT2D eigenvalue weighted by atomic mass is 15.0. The summed E-state index contributed by atoms with van der Waals surface area (Å²) in [4.78, 5) is 4.03. The van der Waals surface area contributed by atoms with Crippen molar-refractivity contribution in [2.24, 2.45) is 0 Å². The predicted molar refractivity (Wildman–Crippen MR) is 202 cm³/mol. The minimum Gasteiger partial charge on any atom is -0.318 e. The van der Waals surface area contributed by atoms with Gasteiger partial charge in [-0.05, 0) is 82.9 Å². The zero-order valence-electron chi connectivity index (χ0n) is 26.7. The molecule has 0 aliphatic heterocycles. The van der Waals surface area contributed by atoms with Gasteiger partial charge in [0.25, 0.3) is 0 Å². The summed E-state index contributed by atoms with van der Waals surface area (Å²) in [7, 11) is 0. The highest BCUT2D eigenvalue weighted by Crippen LogP contribution is 2.44. The van der Waals surface area contributed by atoms with E-state index in [2.05, 4.69) is 98.9 Å². The Morgan fingerprint density at radius 1 is 0.460 bits per heavy atom. The first-order valence-corrected chi connectivity index (χ1v) is 16.3. The lowest BCUT2D eigenvalue weighted by molar-refractivity contribution is 1.18. The Morgan fingerprint density at radius 2 is 1.00 bits per heavy atom. The Kier molecular flexibility index (Phi) is 6.56. The molecule has 0 radical (unpaired) electrons. The lowest BCUT2D eigenvalue weighted by Crippen LogP contribution is -1.99. The summed E-state index contributed by atoms with van der Waals surface area (Å²) in [6, 6.07) is 55.5. The second kappa shape index (κ2) is 11.4. The van der Waals surface area contributed by atoms with Crippen molar-refractivity contribution in [1.29, 1.82) is 10.5 Å². The maximum Gasteiger partial charge on any atom is 0.211 e. The van der Waals surface area contributed by atoms with E-state index in [1.54, 1.807) is 0 Å². The molecule has 2 heterocycles. The molecule has 0 saturated carbocycles. The quantitative estimate of drug-likeness (QED) is 0.181. The first-order chi connectivity index (χ1) is 24.7. The second-order valence-corrected chi connectivity index (χ2v) is 12.3. The Morgan fingerprint density at radius 3 is 1.66 bits per heavy atom. The molecule has 0 aliphatic rings. The van der Waals surface area contributed by atoms with Crippen molar-refractivity contribution in [3.8, 4) is 45.8 Å². The third kappa shape index (κ3) is 4.31. The molecule has 5 heteroatoms. The van der Waals surface area contributed by atoms with E-state index < -0.39 is 0 Å². The highest BCUT2D eigenvalue weighted by molar-refractivity contribution is 6.12. The number of rotatable bonds is 4. The topological polar surface area (TPSA) is 61.8 Å². The number of benzene rings is 7. The maximum atomic E-state index is 9.70. The molecule has 2 aromatic heterocycles. The van der Waals surface area contributed by atoms with E-state index in [9.17, 15) is 10.5 Å². The molecule has 0 saturated heterocycles. The zero-order valence-corrected chi connectivity index (χ0v) is 26.7. The molecule has 9 aromatic rings. The van der Waals surface area contributed by atoms with Crippen LogP contribution in [0.15, 0.2) is 152 Å². The molecule has 0 amide bonds. The maximum absolute atomic E-state index is 9.70. The van der Waals surface area contributed by atoms with Crippen molar-refractivity contribution in [2.75, 3.05) is 0 Å². The number of aromatic nitrogens is 2. The third-order valence-corrected chi connectivity index (χ3v) is 9.59. The van der Waals surface area contributed by atoms with Gasteiger partial charge in [-0.3, -0.25) is 0 Å². The summed E-state index contributed by atoms with van der Waals surface area (Å²) in [6.07, 6.45) is 0. The first kappa shape index (κ1) is 28.8. The molecule has 0 spiro atoms. The van der Waals surface area contributed by atoms with Crippen LogP contribution < -0.4 is 0 Å². The summed E-state index contributed by atoms with van der Waals surface area (Å²) >= 11 is 0. The monoisotopic (exact) mass is 635 g/mol. The molecule has 0 N–H and O–H groups in total. The van der Waals surface area contributed by atoms with Crippen LogP contribution in [-0.2, 0) is 0 Å². The largest absolute Gasteiger partial charge is 0.318 e. The molecule has 0 bridgehead atoms. The molecule has 5 nitrogen and oxygen atoms in total. The number of nitrogens with zero attached hydrogens (tertiary/aromatic N) is 5. The number of hydrogen-bond acceptors (Lipinski definition) is 2. The van der Waals surface area contributed by atoms with Crippen LogP contribution >= 0.6 is 0 Å². The van der Waals surface area contributed by atoms with Crippen molar-refractivity contribution in [1.82, 2.24) is 9.13 Å². The summed E-state index contributed by atoms with van der Waals surface area (Å²) in [5.74, 6) is 0. The first-order valence-electron chi connectivity index (χ1n) is 16.3. The van der Waals surface area contributed by atoms with Gasteiger partial charge in [-0.1, -0.05) is 91.0 Å². The van der Waals surface area contributed by atoms with Gasteiger partial charge in [0, 0.05) is 27.2 Å². The Hall–Kier alpha value is -7.39. The van der Waals surface area contributed by atoms with Gasteiger partial charge >= 0.3 is 0 Å². The van der Waals surface area contributed by atoms with Crippen LogP contribution in [0.4, 0.5) is 5.69 Å². The zero-order chi connectivity index (χ0) is 33.8. The summed E-state index contributed by atoms with van der Waals surface area (Å²) < 4.78 is 4.44. The molecule has 0 unspecified atom stereocenters. The van der Waals surface area contributed by atoms with E-state index in [1.807, 2.05) is 78.9 Å². The van der Waals surface area contributed by atoms with Gasteiger partial charge < -0.3 is 9.13 Å². The number of nitriles is 2. The van der Waals surface area contributed by atoms with E-state index in [4.69, 9.17) is 6.57 Å². The van der Waals surface area contributed by atoms with E-state index in [0.29, 0.717) is 16.8 Å². The van der Waals surface area contributed by atoms with Gasteiger partial charge in [-0.2, -0.15) is 10.5 Å². The fourth-order valence-electron chi connectivity index (χ4n) is 7.46. The SMILES string of the molecule is [C-]#[N+]c1cccc(-c2ccccc2-c2cccc(-n3c4ccccc4c4cc(C#N)ccc43)c2)c1-n1c2ccccc2c2cc(C#N)ccc21. The van der Waals surface area contributed by atoms with E-state index >= 15 is 0 Å². The van der Waals surface area contributed by atoms with Crippen molar-refractivity contribution >= 4 is 49.3 Å². The van der Waals surface area contributed by atoms with Crippen molar-refractivity contribution in [3.63, 3.8) is 0 Å². The van der Waals surface area contributed by atoms with E-state index in [-0.39, 0.29) is 0 Å². The van der Waals surface area contributed by atoms with Crippen LogP contribution in [0.25, 0.3) is 82.1 Å². The Bertz CT molecular complexity index is 2970. The van der Waals surface area contributed by atoms with Gasteiger partial charge in [0.1, 0.15) is 0 Å². The molecular weight excluding hydrogens is 611 g/mol. The minimum absolute atomic E-state index is 0.542. The average molecular weight is 636 g/mol. The molecule has 0 aliphatic carbocycles. The Labute approximate surface area is 288 Å².